The molecule has 4 aliphatic heterocycles. The molecule has 6 rings (SSSR count). The largest absolute Gasteiger partial charge is 0.507 e. The highest BCUT2D eigenvalue weighted by Gasteiger charge is 2.50. The molecule has 2 aromatic carbocycles. The van der Waals surface area contributed by atoms with Gasteiger partial charge >= 0.3 is 11.8 Å². The highest BCUT2D eigenvalue weighted by molar-refractivity contribution is 6.23. The van der Waals surface area contributed by atoms with Gasteiger partial charge in [0.15, 0.2) is 5.75 Å². The van der Waals surface area contributed by atoms with Crippen molar-refractivity contribution in [2.45, 2.75) is 150 Å². The maximum atomic E-state index is 14.6. The van der Waals surface area contributed by atoms with Gasteiger partial charge in [-0.25, -0.2) is 0 Å². The number of nitrogens with zero attached hydrogens (tertiary/aromatic N) is 2. The van der Waals surface area contributed by atoms with E-state index in [9.17, 15) is 39.9 Å². The number of carbonyl (C=O) groups is 3. The quantitative estimate of drug-likeness (QED) is 0.0738. The van der Waals surface area contributed by atoms with Gasteiger partial charge in [-0.15, -0.1) is 0 Å². The van der Waals surface area contributed by atoms with Crippen molar-refractivity contribution in [3.8, 4) is 23.0 Å². The van der Waals surface area contributed by atoms with E-state index in [2.05, 4.69) is 5.32 Å². The second-order valence-electron chi connectivity index (χ2n) is 18.4. The number of hydrogen-bond acceptors (Lipinski definition) is 14. The Morgan fingerprint density at radius 3 is 2.03 bits per heavy atom. The number of aliphatic hydroxyl groups is 2. The van der Waals surface area contributed by atoms with Crippen LogP contribution in [0, 0.1) is 30.6 Å². The zero-order valence-corrected chi connectivity index (χ0v) is 39.6. The number of fused-ring (bicyclic) bond motifs is 14. The Morgan fingerprint density at radius 2 is 1.45 bits per heavy atom. The molecule has 1 amide bonds. The van der Waals surface area contributed by atoms with Crippen molar-refractivity contribution in [2.24, 2.45) is 28.8 Å². The first kappa shape index (κ1) is 50.9. The lowest BCUT2D eigenvalue weighted by Crippen LogP contribution is -2.46. The molecule has 1 saturated heterocycles. The van der Waals surface area contributed by atoms with Crippen LogP contribution in [-0.2, 0) is 23.8 Å². The predicted octanol–water partition coefficient (Wildman–Crippen LogP) is 8.30. The van der Waals surface area contributed by atoms with Gasteiger partial charge in [-0.3, -0.25) is 19.4 Å². The number of phenolic OH excluding ortho intramolecular Hbond substituents is 3. The van der Waals surface area contributed by atoms with E-state index in [4.69, 9.17) is 24.0 Å². The first-order valence-electron chi connectivity index (χ1n) is 23.2. The molecule has 15 nitrogen and oxygen atoms in total. The number of anilines is 1. The average molecular weight is 906 g/mol. The number of Topliss-reactive ketones (excluding diaryl/α,β-unsaturated/α-hetero) is 1. The standard InChI is InChI=1S/C50H71N3O12/c1-28-21-20-22-29(2)49(61)52-40-35(27-51-53-24-18-16-14-12-10-11-13-15-17-19-25-53)44(58)37-38(45(40)59)43(57)33(6)47-39(37)48(60)50(8,65-47)63-26-23-36(62-9)30(3)46(64-34(7)54)32(5)42(56)31(4)41(28)55/h20-23,26-28,30-32,36,41-42,46,55-59H,10-19,24-25H2,1-9H3,(H,52,61)/b21-20+,26-23+,29-22-,51-27+/t28-,30+,31+,32+,36-,41-,42+,46+,50-/m0/s1. The summed E-state index contributed by atoms with van der Waals surface area (Å²) in [5.74, 6) is -8.24. The third-order valence-electron chi connectivity index (χ3n) is 13.5. The molecular weight excluding hydrogens is 835 g/mol. The SMILES string of the molecule is CO[C@H]1/C=C/O[C@@]2(C)Oc3c(C)c(O)c4c(O)c(c(/C=N/N5CCCCCCCCCCCC5)c(O)c4c3C2=O)NC(=O)/C(C)=C\C=C\[C@H](C)[C@H](O)[C@@H](C)[C@@H](O)[C@@H](C)[C@H](OC(C)=O)[C@@H]1C. The summed E-state index contributed by atoms with van der Waals surface area (Å²) in [6, 6.07) is 0. The van der Waals surface area contributed by atoms with Crippen molar-refractivity contribution in [2.75, 3.05) is 25.5 Å². The summed E-state index contributed by atoms with van der Waals surface area (Å²) in [5, 5.41) is 68.1. The average Bonchev–Trinajstić information content (AvgIpc) is 3.55. The van der Waals surface area contributed by atoms with Gasteiger partial charge in [0.05, 0.1) is 53.0 Å². The number of phenols is 3. The van der Waals surface area contributed by atoms with Gasteiger partial charge in [0.1, 0.15) is 23.4 Å². The van der Waals surface area contributed by atoms with Crippen LogP contribution in [0.15, 0.2) is 41.2 Å². The summed E-state index contributed by atoms with van der Waals surface area (Å²) in [7, 11) is 1.45. The minimum Gasteiger partial charge on any atom is -0.507 e. The number of carbonyl (C=O) groups excluding carboxylic acids is 3. The normalized spacial score (nSPS) is 31.2. The van der Waals surface area contributed by atoms with Crippen molar-refractivity contribution in [3.05, 3.63) is 52.8 Å². The highest BCUT2D eigenvalue weighted by atomic mass is 16.7. The van der Waals surface area contributed by atoms with E-state index in [1.165, 1.54) is 78.2 Å². The molecule has 1 fully saturated rings. The smallest absolute Gasteiger partial charge is 0.312 e. The molecule has 0 spiro atoms. The Morgan fingerprint density at radius 1 is 0.846 bits per heavy atom. The van der Waals surface area contributed by atoms with E-state index in [-0.39, 0.29) is 44.5 Å². The van der Waals surface area contributed by atoms with Gasteiger partial charge in [0, 0.05) is 74.2 Å². The number of benzene rings is 2. The van der Waals surface area contributed by atoms with E-state index in [0.717, 1.165) is 38.5 Å². The van der Waals surface area contributed by atoms with Crippen molar-refractivity contribution < 1.29 is 58.9 Å². The third-order valence-corrected chi connectivity index (χ3v) is 13.5. The van der Waals surface area contributed by atoms with Crippen LogP contribution in [0.3, 0.4) is 0 Å². The lowest BCUT2D eigenvalue weighted by Gasteiger charge is -2.38. The fraction of sp³-hybridized carbons (Fsp3) is 0.600. The number of rotatable bonds is 4. The minimum atomic E-state index is -2.04. The van der Waals surface area contributed by atoms with Crippen molar-refractivity contribution in [1.82, 2.24) is 5.01 Å². The fourth-order valence-corrected chi connectivity index (χ4v) is 9.24. The van der Waals surface area contributed by atoms with Gasteiger partial charge < -0.3 is 49.8 Å². The van der Waals surface area contributed by atoms with Gasteiger partial charge in [-0.1, -0.05) is 97.3 Å². The summed E-state index contributed by atoms with van der Waals surface area (Å²) in [4.78, 5) is 41.0. The summed E-state index contributed by atoms with van der Waals surface area (Å²) in [5.41, 5.74) is -0.252. The Balaban J connectivity index is 1.69. The number of aliphatic hydroxyl groups excluding tert-OH is 2. The monoisotopic (exact) mass is 906 g/mol. The van der Waals surface area contributed by atoms with Crippen LogP contribution in [0.4, 0.5) is 5.69 Å². The van der Waals surface area contributed by atoms with E-state index >= 15 is 0 Å². The molecule has 0 unspecified atom stereocenters. The van der Waals surface area contributed by atoms with E-state index in [0.29, 0.717) is 13.1 Å². The molecule has 2 aromatic rings. The molecule has 9 atom stereocenters. The molecule has 4 aliphatic rings. The molecule has 0 aliphatic carbocycles. The van der Waals surface area contributed by atoms with Crippen LogP contribution in [-0.4, -0.2) is 105 Å². The summed E-state index contributed by atoms with van der Waals surface area (Å²) >= 11 is 0. The van der Waals surface area contributed by atoms with Crippen LogP contribution < -0.4 is 10.1 Å². The first-order valence-corrected chi connectivity index (χ1v) is 23.2. The number of nitrogens with one attached hydrogen (secondary N) is 1. The lowest BCUT2D eigenvalue weighted by atomic mass is 9.78. The number of methoxy groups -OCH3 is 1. The molecular formula is C50H71N3O12. The zero-order valence-electron chi connectivity index (χ0n) is 39.6. The maximum absolute atomic E-state index is 14.6. The van der Waals surface area contributed by atoms with Gasteiger partial charge in [0.2, 0.25) is 0 Å². The fourth-order valence-electron chi connectivity index (χ4n) is 9.24. The van der Waals surface area contributed by atoms with E-state index in [1.54, 1.807) is 46.8 Å². The van der Waals surface area contributed by atoms with Crippen LogP contribution >= 0.6 is 0 Å². The van der Waals surface area contributed by atoms with E-state index < -0.39 is 88.8 Å². The zero-order chi connectivity index (χ0) is 47.7. The van der Waals surface area contributed by atoms with Gasteiger partial charge in [0.25, 0.3) is 11.7 Å². The molecule has 5 bridgehead atoms. The molecule has 0 aromatic heterocycles. The Bertz CT molecular complexity index is 2150. The van der Waals surface area contributed by atoms with Crippen molar-refractivity contribution in [3.63, 3.8) is 0 Å². The molecule has 15 heteroatoms. The van der Waals surface area contributed by atoms with Crippen LogP contribution in [0.25, 0.3) is 10.8 Å². The summed E-state index contributed by atoms with van der Waals surface area (Å²) in [6.45, 7) is 13.9. The number of hydrazone groups is 1. The minimum absolute atomic E-state index is 0.0677. The molecule has 0 saturated carbocycles. The van der Waals surface area contributed by atoms with Crippen LogP contribution in [0.1, 0.15) is 134 Å². The van der Waals surface area contributed by atoms with Crippen molar-refractivity contribution in [1.29, 1.82) is 0 Å². The highest BCUT2D eigenvalue weighted by Crippen LogP contribution is 2.55. The number of allylic oxidation sites excluding steroid dienone is 2. The van der Waals surface area contributed by atoms with Gasteiger partial charge in [-0.05, 0) is 32.8 Å². The number of amides is 1. The predicted molar refractivity (Wildman–Crippen MR) is 249 cm³/mol. The summed E-state index contributed by atoms with van der Waals surface area (Å²) < 4.78 is 23.8. The molecule has 358 valence electrons. The number of ketones is 1. The first-order chi connectivity index (χ1) is 30.8. The second kappa shape index (κ2) is 22.4. The lowest BCUT2D eigenvalue weighted by molar-refractivity contribution is -0.160. The molecule has 0 radical (unpaired) electrons. The maximum Gasteiger partial charge on any atom is 0.312 e. The van der Waals surface area contributed by atoms with Crippen LogP contribution in [0.2, 0.25) is 0 Å². The number of esters is 1. The van der Waals surface area contributed by atoms with Crippen molar-refractivity contribution >= 4 is 40.3 Å². The Hall–Kier alpha value is -5.12. The molecule has 6 N–H and O–H groups in total. The topological polar surface area (TPSA) is 217 Å². The van der Waals surface area contributed by atoms with Crippen LogP contribution in [0.5, 0.6) is 23.0 Å². The number of aromatic hydroxyl groups is 3. The number of ether oxygens (including phenoxy) is 4. The Labute approximate surface area is 383 Å². The third kappa shape index (κ3) is 11.5. The second-order valence-corrected chi connectivity index (χ2v) is 18.4. The Kier molecular flexibility index (Phi) is 17.5. The number of hydrogen-bond donors (Lipinski definition) is 6. The summed E-state index contributed by atoms with van der Waals surface area (Å²) in [6.07, 6.45) is 16.0. The van der Waals surface area contributed by atoms with E-state index in [1.807, 2.05) is 5.01 Å². The molecule has 65 heavy (non-hydrogen) atoms. The molecule has 4 heterocycles. The van der Waals surface area contributed by atoms with Gasteiger partial charge in [-0.2, -0.15) is 5.10 Å².